The van der Waals surface area contributed by atoms with Gasteiger partial charge in [-0.3, -0.25) is 9.59 Å². The summed E-state index contributed by atoms with van der Waals surface area (Å²) in [6.45, 7) is 3.88. The van der Waals surface area contributed by atoms with E-state index in [-0.39, 0.29) is 5.91 Å². The van der Waals surface area contributed by atoms with Crippen LogP contribution in [0.3, 0.4) is 0 Å². The van der Waals surface area contributed by atoms with Crippen molar-refractivity contribution in [2.24, 2.45) is 11.1 Å². The highest BCUT2D eigenvalue weighted by Crippen LogP contribution is 2.25. The Hall–Kier alpha value is -1.50. The Morgan fingerprint density at radius 3 is 2.43 bits per heavy atom. The lowest BCUT2D eigenvalue weighted by Crippen LogP contribution is -2.59. The maximum atomic E-state index is 11.8. The van der Waals surface area contributed by atoms with E-state index in [0.717, 1.165) is 0 Å². The molecule has 76 valence electrons. The number of amides is 2. The molecule has 0 radical (unpaired) electrons. The number of carbonyl (C=O) groups excluding carboxylic acids is 2. The Morgan fingerprint density at radius 1 is 1.57 bits per heavy atom. The van der Waals surface area contributed by atoms with Gasteiger partial charge >= 0.3 is 0 Å². The predicted octanol–water partition coefficient (Wildman–Crippen LogP) is -0.268. The van der Waals surface area contributed by atoms with Crippen LogP contribution in [-0.4, -0.2) is 29.3 Å². The van der Waals surface area contributed by atoms with Crippen LogP contribution in [0.15, 0.2) is 0 Å². The Kier molecular flexibility index (Phi) is 2.52. The number of likely N-dealkylation sites (tertiary alicyclic amines) is 1. The van der Waals surface area contributed by atoms with Crippen LogP contribution in [-0.2, 0) is 9.59 Å². The van der Waals surface area contributed by atoms with Gasteiger partial charge in [0, 0.05) is 6.54 Å². The maximum absolute atomic E-state index is 11.8. The van der Waals surface area contributed by atoms with E-state index in [1.54, 1.807) is 13.8 Å². The second-order valence-corrected chi connectivity index (χ2v) is 3.97. The molecule has 1 fully saturated rings. The number of hydrogen-bond acceptors (Lipinski definition) is 2. The van der Waals surface area contributed by atoms with Crippen LogP contribution in [0.4, 0.5) is 0 Å². The topological polar surface area (TPSA) is 63.4 Å². The highest BCUT2D eigenvalue weighted by Gasteiger charge is 2.41. The monoisotopic (exact) mass is 194 g/mol. The Morgan fingerprint density at radius 2 is 2.14 bits per heavy atom. The minimum Gasteiger partial charge on any atom is -0.368 e. The largest absolute Gasteiger partial charge is 0.368 e. The predicted molar refractivity (Wildman–Crippen MR) is 51.9 cm³/mol. The molecule has 0 saturated carbocycles. The summed E-state index contributed by atoms with van der Waals surface area (Å²) in [7, 11) is 0. The van der Waals surface area contributed by atoms with E-state index in [9.17, 15) is 9.59 Å². The fourth-order valence-corrected chi connectivity index (χ4v) is 1.35. The minimum atomic E-state index is -0.853. The van der Waals surface area contributed by atoms with Crippen molar-refractivity contribution in [2.45, 2.75) is 26.3 Å². The molecule has 0 spiro atoms. The molecule has 0 aromatic rings. The van der Waals surface area contributed by atoms with Gasteiger partial charge in [0.25, 0.3) is 0 Å². The van der Waals surface area contributed by atoms with Crippen molar-refractivity contribution in [2.75, 3.05) is 6.54 Å². The van der Waals surface area contributed by atoms with Crippen LogP contribution >= 0.6 is 0 Å². The van der Waals surface area contributed by atoms with Gasteiger partial charge in [-0.2, -0.15) is 0 Å². The fourth-order valence-electron chi connectivity index (χ4n) is 1.35. The van der Waals surface area contributed by atoms with E-state index in [2.05, 4.69) is 5.92 Å². The lowest BCUT2D eigenvalue weighted by molar-refractivity contribution is -0.151. The Balaban J connectivity index is 2.73. The summed E-state index contributed by atoms with van der Waals surface area (Å²) in [4.78, 5) is 24.1. The molecule has 0 aromatic carbocycles. The van der Waals surface area contributed by atoms with Gasteiger partial charge in [-0.1, -0.05) is 5.92 Å². The SMILES string of the molecule is C#CC(C)(C)C(=O)N1CCC1C(N)=O. The molecular weight excluding hydrogens is 180 g/mol. The zero-order valence-corrected chi connectivity index (χ0v) is 8.41. The molecule has 4 heteroatoms. The fraction of sp³-hybridized carbons (Fsp3) is 0.600. The number of hydrogen-bond donors (Lipinski definition) is 1. The van der Waals surface area contributed by atoms with Gasteiger partial charge in [-0.05, 0) is 20.3 Å². The molecule has 1 aliphatic heterocycles. The standard InChI is InChI=1S/C10H14N2O2/c1-4-10(2,3)9(14)12-6-5-7(12)8(11)13/h1,7H,5-6H2,2-3H3,(H2,11,13). The molecule has 1 saturated heterocycles. The van der Waals surface area contributed by atoms with Crippen molar-refractivity contribution in [3.8, 4) is 12.3 Å². The van der Waals surface area contributed by atoms with Crippen LogP contribution < -0.4 is 5.73 Å². The minimum absolute atomic E-state index is 0.199. The first-order valence-corrected chi connectivity index (χ1v) is 4.48. The second kappa shape index (κ2) is 3.33. The van der Waals surface area contributed by atoms with Gasteiger partial charge in [0.15, 0.2) is 0 Å². The van der Waals surface area contributed by atoms with Gasteiger partial charge in [0.1, 0.15) is 11.5 Å². The van der Waals surface area contributed by atoms with Crippen molar-refractivity contribution in [3.63, 3.8) is 0 Å². The zero-order valence-electron chi connectivity index (χ0n) is 8.41. The number of primary amides is 1. The molecule has 1 unspecified atom stereocenters. The lowest BCUT2D eigenvalue weighted by atomic mass is 9.89. The van der Waals surface area contributed by atoms with E-state index in [4.69, 9.17) is 12.2 Å². The third-order valence-corrected chi connectivity index (χ3v) is 2.50. The van der Waals surface area contributed by atoms with Crippen LogP contribution in [0.2, 0.25) is 0 Å². The van der Waals surface area contributed by atoms with Gasteiger partial charge < -0.3 is 10.6 Å². The molecule has 4 nitrogen and oxygen atoms in total. The highest BCUT2D eigenvalue weighted by molar-refractivity contribution is 5.92. The summed E-state index contributed by atoms with van der Waals surface area (Å²) >= 11 is 0. The van der Waals surface area contributed by atoms with Gasteiger partial charge in [0.2, 0.25) is 11.8 Å². The first-order valence-electron chi connectivity index (χ1n) is 4.48. The van der Waals surface area contributed by atoms with Crippen LogP contribution in [0.25, 0.3) is 0 Å². The summed E-state index contributed by atoms with van der Waals surface area (Å²) in [6.07, 6.45) is 5.87. The molecule has 14 heavy (non-hydrogen) atoms. The highest BCUT2D eigenvalue weighted by atomic mass is 16.2. The van der Waals surface area contributed by atoms with Crippen molar-refractivity contribution >= 4 is 11.8 Å². The van der Waals surface area contributed by atoms with E-state index in [0.29, 0.717) is 13.0 Å². The van der Waals surface area contributed by atoms with Gasteiger partial charge in [0.05, 0.1) is 0 Å². The lowest BCUT2D eigenvalue weighted by Gasteiger charge is -2.41. The molecule has 1 rings (SSSR count). The van der Waals surface area contributed by atoms with E-state index in [1.807, 2.05) is 0 Å². The van der Waals surface area contributed by atoms with Crippen LogP contribution in [0.1, 0.15) is 20.3 Å². The summed E-state index contributed by atoms with van der Waals surface area (Å²) in [5.41, 5.74) is 4.27. The quantitative estimate of drug-likeness (QED) is 0.615. The maximum Gasteiger partial charge on any atom is 0.240 e. The van der Waals surface area contributed by atoms with Crippen molar-refractivity contribution in [3.05, 3.63) is 0 Å². The Labute approximate surface area is 83.4 Å². The molecule has 2 N–H and O–H groups in total. The van der Waals surface area contributed by atoms with Gasteiger partial charge in [-0.15, -0.1) is 6.42 Å². The number of nitrogens with zero attached hydrogens (tertiary/aromatic N) is 1. The summed E-state index contributed by atoms with van der Waals surface area (Å²) < 4.78 is 0. The summed E-state index contributed by atoms with van der Waals surface area (Å²) in [5.74, 6) is 1.75. The van der Waals surface area contributed by atoms with Gasteiger partial charge in [-0.25, -0.2) is 0 Å². The smallest absolute Gasteiger partial charge is 0.240 e. The van der Waals surface area contributed by atoms with E-state index >= 15 is 0 Å². The normalized spacial score (nSPS) is 20.9. The van der Waals surface area contributed by atoms with Crippen LogP contribution in [0, 0.1) is 17.8 Å². The second-order valence-electron chi connectivity index (χ2n) is 3.97. The van der Waals surface area contributed by atoms with E-state index < -0.39 is 17.4 Å². The first kappa shape index (κ1) is 10.6. The van der Waals surface area contributed by atoms with Crippen LogP contribution in [0.5, 0.6) is 0 Å². The number of rotatable bonds is 2. The molecule has 2 amide bonds. The molecule has 0 aromatic heterocycles. The average Bonchev–Trinajstić information content (AvgIpc) is 2.01. The van der Waals surface area contributed by atoms with Crippen molar-refractivity contribution in [1.82, 2.24) is 4.90 Å². The number of nitrogens with two attached hydrogens (primary N) is 1. The molecular formula is C10H14N2O2. The molecule has 0 aliphatic carbocycles. The average molecular weight is 194 g/mol. The third kappa shape index (κ3) is 1.58. The first-order chi connectivity index (χ1) is 6.40. The molecule has 1 heterocycles. The summed E-state index contributed by atoms with van der Waals surface area (Å²) in [5, 5.41) is 0. The third-order valence-electron chi connectivity index (χ3n) is 2.50. The molecule has 1 atom stereocenters. The van der Waals surface area contributed by atoms with E-state index in [1.165, 1.54) is 4.90 Å². The Bertz CT molecular complexity index is 315. The summed E-state index contributed by atoms with van der Waals surface area (Å²) in [6, 6.07) is -0.463. The molecule has 0 bridgehead atoms. The molecule has 1 aliphatic rings. The number of carbonyl (C=O) groups is 2. The van der Waals surface area contributed by atoms with Crippen molar-refractivity contribution < 1.29 is 9.59 Å². The number of terminal acetylenes is 1. The van der Waals surface area contributed by atoms with Crippen molar-refractivity contribution in [1.29, 1.82) is 0 Å². The zero-order chi connectivity index (χ0) is 10.9.